The Morgan fingerprint density at radius 3 is 2.37 bits per heavy atom. The normalized spacial score (nSPS) is 11.8. The Morgan fingerprint density at radius 1 is 0.926 bits per heavy atom. The van der Waals surface area contributed by atoms with Crippen molar-refractivity contribution < 1.29 is 18.4 Å². The van der Waals surface area contributed by atoms with Crippen LogP contribution in [-0.2, 0) is 16.0 Å². The molecular weight excluding hydrogens is 350 g/mol. The van der Waals surface area contributed by atoms with Crippen LogP contribution in [0.25, 0.3) is 10.8 Å². The van der Waals surface area contributed by atoms with E-state index in [0.717, 1.165) is 28.5 Å². The molecule has 2 N–H and O–H groups in total. The maximum atomic E-state index is 13.5. The lowest BCUT2D eigenvalue weighted by atomic mass is 10.0. The lowest BCUT2D eigenvalue weighted by Gasteiger charge is -2.18. The van der Waals surface area contributed by atoms with Gasteiger partial charge in [-0.05, 0) is 34.0 Å². The molecule has 3 aromatic carbocycles. The topological polar surface area (TPSA) is 58.2 Å². The van der Waals surface area contributed by atoms with E-state index in [4.69, 9.17) is 0 Å². The highest BCUT2D eigenvalue weighted by atomic mass is 19.2. The molecule has 0 saturated heterocycles. The average Bonchev–Trinajstić information content (AvgIpc) is 2.67. The number of carbonyl (C=O) groups is 2. The van der Waals surface area contributed by atoms with Gasteiger partial charge in [-0.2, -0.15) is 0 Å². The van der Waals surface area contributed by atoms with Crippen molar-refractivity contribution in [2.75, 3.05) is 7.05 Å². The zero-order chi connectivity index (χ0) is 19.4. The van der Waals surface area contributed by atoms with Crippen molar-refractivity contribution in [3.8, 4) is 0 Å². The molecule has 0 aromatic heterocycles. The fourth-order valence-electron chi connectivity index (χ4n) is 2.88. The van der Waals surface area contributed by atoms with Crippen LogP contribution < -0.4 is 10.6 Å². The van der Waals surface area contributed by atoms with Gasteiger partial charge >= 0.3 is 0 Å². The number of benzene rings is 3. The zero-order valence-corrected chi connectivity index (χ0v) is 14.6. The van der Waals surface area contributed by atoms with Gasteiger partial charge in [0.05, 0.1) is 6.42 Å². The molecule has 27 heavy (non-hydrogen) atoms. The molecule has 0 radical (unpaired) electrons. The van der Waals surface area contributed by atoms with Crippen molar-refractivity contribution in [3.63, 3.8) is 0 Å². The number of rotatable bonds is 5. The quantitative estimate of drug-likeness (QED) is 0.726. The fraction of sp³-hybridized carbons (Fsp3) is 0.143. The van der Waals surface area contributed by atoms with E-state index in [-0.39, 0.29) is 12.0 Å². The van der Waals surface area contributed by atoms with Crippen molar-refractivity contribution in [2.24, 2.45) is 0 Å². The van der Waals surface area contributed by atoms with Crippen LogP contribution in [0.3, 0.4) is 0 Å². The number of amides is 2. The monoisotopic (exact) mass is 368 g/mol. The van der Waals surface area contributed by atoms with Gasteiger partial charge in [0, 0.05) is 7.05 Å². The van der Waals surface area contributed by atoms with E-state index in [2.05, 4.69) is 10.6 Å². The minimum absolute atomic E-state index is 0.0575. The summed E-state index contributed by atoms with van der Waals surface area (Å²) in [6.07, 6.45) is 0.0575. The van der Waals surface area contributed by atoms with Crippen LogP contribution in [0.1, 0.15) is 17.2 Å². The third-order valence-electron chi connectivity index (χ3n) is 4.27. The van der Waals surface area contributed by atoms with Gasteiger partial charge in [0.2, 0.25) is 11.8 Å². The van der Waals surface area contributed by atoms with Gasteiger partial charge in [-0.15, -0.1) is 0 Å². The summed E-state index contributed by atoms with van der Waals surface area (Å²) in [5.74, 6) is -3.02. The Labute approximate surface area is 155 Å². The van der Waals surface area contributed by atoms with Crippen molar-refractivity contribution >= 4 is 22.6 Å². The molecule has 0 aliphatic rings. The molecular formula is C21H18F2N2O2. The van der Waals surface area contributed by atoms with E-state index in [1.54, 1.807) is 0 Å². The molecule has 0 spiro atoms. The molecule has 6 heteroatoms. The van der Waals surface area contributed by atoms with Crippen molar-refractivity contribution in [3.05, 3.63) is 83.4 Å². The van der Waals surface area contributed by atoms with E-state index < -0.39 is 29.5 Å². The van der Waals surface area contributed by atoms with Crippen molar-refractivity contribution in [1.82, 2.24) is 10.6 Å². The maximum Gasteiger partial charge on any atom is 0.246 e. The van der Waals surface area contributed by atoms with Gasteiger partial charge < -0.3 is 10.6 Å². The minimum Gasteiger partial charge on any atom is -0.357 e. The summed E-state index contributed by atoms with van der Waals surface area (Å²) < 4.78 is 26.7. The Balaban J connectivity index is 1.79. The number of fused-ring (bicyclic) bond motifs is 1. The van der Waals surface area contributed by atoms with Crippen LogP contribution in [0.4, 0.5) is 8.78 Å². The molecule has 3 rings (SSSR count). The van der Waals surface area contributed by atoms with Gasteiger partial charge in [0.15, 0.2) is 11.6 Å². The van der Waals surface area contributed by atoms with E-state index >= 15 is 0 Å². The number of nitrogens with one attached hydrogen (secondary N) is 2. The number of hydrogen-bond acceptors (Lipinski definition) is 2. The highest BCUT2D eigenvalue weighted by Crippen LogP contribution is 2.19. The predicted octanol–water partition coefficient (Wildman–Crippen LogP) is 3.26. The minimum atomic E-state index is -1.11. The fourth-order valence-corrected chi connectivity index (χ4v) is 2.88. The third kappa shape index (κ3) is 4.28. The second-order valence-electron chi connectivity index (χ2n) is 6.15. The Kier molecular flexibility index (Phi) is 5.45. The molecule has 0 aliphatic carbocycles. The van der Waals surface area contributed by atoms with Gasteiger partial charge in [0.25, 0.3) is 0 Å². The maximum absolute atomic E-state index is 13.5. The van der Waals surface area contributed by atoms with Crippen LogP contribution in [0.15, 0.2) is 60.7 Å². The molecule has 3 aromatic rings. The first-order chi connectivity index (χ1) is 13.0. The van der Waals surface area contributed by atoms with E-state index in [1.165, 1.54) is 13.1 Å². The summed E-state index contributed by atoms with van der Waals surface area (Å²) in [6.45, 7) is 0. The number of likely N-dealkylation sites (N-methyl/N-ethyl adjacent to an activating group) is 1. The first-order valence-corrected chi connectivity index (χ1v) is 8.41. The second-order valence-corrected chi connectivity index (χ2v) is 6.15. The molecule has 0 heterocycles. The lowest BCUT2D eigenvalue weighted by molar-refractivity contribution is -0.128. The molecule has 0 aliphatic heterocycles. The molecule has 138 valence electrons. The first-order valence-electron chi connectivity index (χ1n) is 8.41. The molecule has 1 atom stereocenters. The van der Waals surface area contributed by atoms with E-state index in [1.807, 2.05) is 42.5 Å². The smallest absolute Gasteiger partial charge is 0.246 e. The van der Waals surface area contributed by atoms with Crippen molar-refractivity contribution in [2.45, 2.75) is 12.5 Å². The Bertz CT molecular complexity index is 1000. The third-order valence-corrected chi connectivity index (χ3v) is 4.27. The molecule has 4 nitrogen and oxygen atoms in total. The lowest BCUT2D eigenvalue weighted by Crippen LogP contribution is -2.39. The molecule has 2 amide bonds. The highest BCUT2D eigenvalue weighted by Gasteiger charge is 2.23. The average molecular weight is 368 g/mol. The summed E-state index contributed by atoms with van der Waals surface area (Å²) >= 11 is 0. The number of carbonyl (C=O) groups excluding carboxylic acids is 2. The van der Waals surface area contributed by atoms with Gasteiger partial charge in [-0.1, -0.05) is 48.5 Å². The van der Waals surface area contributed by atoms with Gasteiger partial charge in [0.1, 0.15) is 6.04 Å². The summed E-state index contributed by atoms with van der Waals surface area (Å²) in [5, 5.41) is 7.08. The molecule has 0 fully saturated rings. The van der Waals surface area contributed by atoms with E-state index in [0.29, 0.717) is 0 Å². The summed E-state index contributed by atoms with van der Waals surface area (Å²) in [5.41, 5.74) is 0.951. The number of halogens is 2. The molecule has 0 saturated carbocycles. The predicted molar refractivity (Wildman–Crippen MR) is 99.0 cm³/mol. The highest BCUT2D eigenvalue weighted by molar-refractivity contribution is 5.90. The SMILES string of the molecule is CNC(=O)C(NC(=O)Cc1ccc2ccccc2c1)c1ccc(F)c(F)c1. The summed E-state index contributed by atoms with van der Waals surface area (Å²) in [6, 6.07) is 15.4. The second kappa shape index (κ2) is 7.95. The largest absolute Gasteiger partial charge is 0.357 e. The van der Waals surface area contributed by atoms with Crippen LogP contribution in [0.5, 0.6) is 0 Å². The van der Waals surface area contributed by atoms with Gasteiger partial charge in [-0.25, -0.2) is 8.78 Å². The van der Waals surface area contributed by atoms with Crippen LogP contribution in [0.2, 0.25) is 0 Å². The Morgan fingerprint density at radius 2 is 1.67 bits per heavy atom. The first kappa shape index (κ1) is 18.5. The molecule has 0 bridgehead atoms. The van der Waals surface area contributed by atoms with Gasteiger partial charge in [-0.3, -0.25) is 9.59 Å². The van der Waals surface area contributed by atoms with Crippen LogP contribution in [0, 0.1) is 11.6 Å². The van der Waals surface area contributed by atoms with Crippen LogP contribution >= 0.6 is 0 Å². The van der Waals surface area contributed by atoms with E-state index in [9.17, 15) is 18.4 Å². The van der Waals surface area contributed by atoms with Crippen LogP contribution in [-0.4, -0.2) is 18.9 Å². The standard InChI is InChI=1S/C21H18F2N2O2/c1-24-21(27)20(16-8-9-17(22)18(23)12-16)25-19(26)11-13-6-7-14-4-2-3-5-15(14)10-13/h2-10,12,20H,11H2,1H3,(H,24,27)(H,25,26). The number of hydrogen-bond donors (Lipinski definition) is 2. The summed E-state index contributed by atoms with van der Waals surface area (Å²) in [4.78, 5) is 24.6. The van der Waals surface area contributed by atoms with Crippen molar-refractivity contribution in [1.29, 1.82) is 0 Å². The molecule has 1 unspecified atom stereocenters. The Hall–Kier alpha value is -3.28. The summed E-state index contributed by atoms with van der Waals surface area (Å²) in [7, 11) is 1.41. The zero-order valence-electron chi connectivity index (χ0n) is 14.6.